The lowest BCUT2D eigenvalue weighted by molar-refractivity contribution is 0.126. The first-order valence-electron chi connectivity index (χ1n) is 8.24. The van der Waals surface area contributed by atoms with Gasteiger partial charge in [0, 0.05) is 23.8 Å². The highest BCUT2D eigenvalue weighted by molar-refractivity contribution is 5.81. The molecule has 1 saturated carbocycles. The van der Waals surface area contributed by atoms with Crippen molar-refractivity contribution in [3.63, 3.8) is 0 Å². The molecule has 0 unspecified atom stereocenters. The Labute approximate surface area is 139 Å². The van der Waals surface area contributed by atoms with Gasteiger partial charge < -0.3 is 15.0 Å². The fourth-order valence-electron chi connectivity index (χ4n) is 3.26. The van der Waals surface area contributed by atoms with E-state index >= 15 is 0 Å². The summed E-state index contributed by atoms with van der Waals surface area (Å²) in [6.45, 7) is 0. The predicted molar refractivity (Wildman–Crippen MR) is 90.7 cm³/mol. The van der Waals surface area contributed by atoms with Gasteiger partial charge in [0.1, 0.15) is 11.6 Å². The van der Waals surface area contributed by atoms with Crippen molar-refractivity contribution in [1.82, 2.24) is 14.5 Å². The van der Waals surface area contributed by atoms with Gasteiger partial charge in [-0.1, -0.05) is 0 Å². The average Bonchev–Trinajstić information content (AvgIpc) is 3.00. The molecule has 0 radical (unpaired) electrons. The topological polar surface area (TPSA) is 63.0 Å². The molecule has 1 fully saturated rings. The van der Waals surface area contributed by atoms with E-state index in [1.165, 1.54) is 12.1 Å². The van der Waals surface area contributed by atoms with Crippen molar-refractivity contribution in [3.05, 3.63) is 48.5 Å². The van der Waals surface area contributed by atoms with Crippen LogP contribution in [0, 0.1) is 5.82 Å². The van der Waals surface area contributed by atoms with Crippen LogP contribution in [0.15, 0.2) is 42.7 Å². The Balaban J connectivity index is 1.61. The lowest BCUT2D eigenvalue weighted by Crippen LogP contribution is -2.29. The molecule has 1 aromatic carbocycles. The third kappa shape index (κ3) is 2.97. The van der Waals surface area contributed by atoms with Gasteiger partial charge in [-0.05, 0) is 56.0 Å². The van der Waals surface area contributed by atoms with E-state index in [-0.39, 0.29) is 18.0 Å². The Kier molecular flexibility index (Phi) is 3.90. The summed E-state index contributed by atoms with van der Waals surface area (Å²) in [6.07, 6.45) is 6.83. The van der Waals surface area contributed by atoms with E-state index in [1.54, 1.807) is 18.3 Å². The van der Waals surface area contributed by atoms with E-state index in [2.05, 4.69) is 15.3 Å². The second-order valence-corrected chi connectivity index (χ2v) is 6.28. The summed E-state index contributed by atoms with van der Waals surface area (Å²) in [4.78, 5) is 8.85. The van der Waals surface area contributed by atoms with Gasteiger partial charge in [-0.2, -0.15) is 4.98 Å². The molecule has 1 aliphatic rings. The van der Waals surface area contributed by atoms with E-state index in [0.29, 0.717) is 11.8 Å². The van der Waals surface area contributed by atoms with Gasteiger partial charge in [0.2, 0.25) is 5.95 Å². The van der Waals surface area contributed by atoms with E-state index in [9.17, 15) is 9.50 Å². The number of rotatable bonds is 3. The third-order valence-electron chi connectivity index (χ3n) is 4.57. The normalized spacial score (nSPS) is 21.1. The summed E-state index contributed by atoms with van der Waals surface area (Å²) >= 11 is 0. The highest BCUT2D eigenvalue weighted by atomic mass is 19.1. The largest absolute Gasteiger partial charge is 0.393 e. The molecular formula is C18H19FN4O. The van der Waals surface area contributed by atoms with Crippen molar-refractivity contribution in [1.29, 1.82) is 0 Å². The highest BCUT2D eigenvalue weighted by Gasteiger charge is 2.20. The van der Waals surface area contributed by atoms with Crippen LogP contribution in [0.5, 0.6) is 0 Å². The van der Waals surface area contributed by atoms with Gasteiger partial charge in [0.05, 0.1) is 11.6 Å². The summed E-state index contributed by atoms with van der Waals surface area (Å²) in [5.41, 5.74) is 0.778. The van der Waals surface area contributed by atoms with Crippen LogP contribution in [0.25, 0.3) is 16.7 Å². The second kappa shape index (κ2) is 6.20. The number of aliphatic hydroxyl groups excluding tert-OH is 1. The number of benzene rings is 1. The summed E-state index contributed by atoms with van der Waals surface area (Å²) in [7, 11) is 0. The SMILES string of the molecule is OC1CCC(Nc2nccc(-n3ccc4ccc(F)cc43)n2)CC1. The first-order valence-corrected chi connectivity index (χ1v) is 8.24. The Morgan fingerprint density at radius 1 is 1.12 bits per heavy atom. The lowest BCUT2D eigenvalue weighted by Gasteiger charge is -2.26. The highest BCUT2D eigenvalue weighted by Crippen LogP contribution is 2.23. The van der Waals surface area contributed by atoms with Crippen molar-refractivity contribution in [2.45, 2.75) is 37.8 Å². The maximum Gasteiger partial charge on any atom is 0.224 e. The van der Waals surface area contributed by atoms with Crippen molar-refractivity contribution in [2.24, 2.45) is 0 Å². The molecule has 0 saturated heterocycles. The molecule has 124 valence electrons. The minimum absolute atomic E-state index is 0.184. The van der Waals surface area contributed by atoms with Gasteiger partial charge >= 0.3 is 0 Å². The first-order chi connectivity index (χ1) is 11.7. The molecule has 0 atom stereocenters. The van der Waals surface area contributed by atoms with Crippen molar-refractivity contribution in [3.8, 4) is 5.82 Å². The van der Waals surface area contributed by atoms with Gasteiger partial charge in [0.25, 0.3) is 0 Å². The van der Waals surface area contributed by atoms with Gasteiger partial charge in [-0.3, -0.25) is 0 Å². The average molecular weight is 326 g/mol. The zero-order chi connectivity index (χ0) is 16.5. The molecule has 24 heavy (non-hydrogen) atoms. The van der Waals surface area contributed by atoms with Gasteiger partial charge in [-0.25, -0.2) is 9.37 Å². The first kappa shape index (κ1) is 15.1. The predicted octanol–water partition coefficient (Wildman–Crippen LogP) is 3.28. The zero-order valence-electron chi connectivity index (χ0n) is 13.2. The second-order valence-electron chi connectivity index (χ2n) is 6.28. The number of halogens is 1. The van der Waals surface area contributed by atoms with Gasteiger partial charge in [0.15, 0.2) is 0 Å². The number of hydrogen-bond donors (Lipinski definition) is 2. The quantitative estimate of drug-likeness (QED) is 0.775. The standard InChI is InChI=1S/C18H19FN4O/c19-13-2-1-12-8-10-23(16(12)11-13)17-7-9-20-18(22-17)21-14-3-5-15(24)6-4-14/h1-2,7-11,14-15,24H,3-6H2,(H,20,21,22). The number of aromatic nitrogens is 3. The fraction of sp³-hybridized carbons (Fsp3) is 0.333. The Bertz CT molecular complexity index is 855. The van der Waals surface area contributed by atoms with Crippen LogP contribution in [0.2, 0.25) is 0 Å². The number of hydrogen-bond acceptors (Lipinski definition) is 4. The zero-order valence-corrected chi connectivity index (χ0v) is 13.2. The van der Waals surface area contributed by atoms with Crippen molar-refractivity contribution >= 4 is 16.9 Å². The molecule has 2 N–H and O–H groups in total. The van der Waals surface area contributed by atoms with Crippen LogP contribution in [-0.2, 0) is 0 Å². The molecular weight excluding hydrogens is 307 g/mol. The molecule has 3 aromatic rings. The van der Waals surface area contributed by atoms with Crippen LogP contribution in [0.4, 0.5) is 10.3 Å². The smallest absolute Gasteiger partial charge is 0.224 e. The number of fused-ring (bicyclic) bond motifs is 1. The number of nitrogens with one attached hydrogen (secondary N) is 1. The molecule has 2 aromatic heterocycles. The molecule has 1 aliphatic carbocycles. The van der Waals surface area contributed by atoms with Crippen molar-refractivity contribution < 1.29 is 9.50 Å². The van der Waals surface area contributed by atoms with Crippen LogP contribution < -0.4 is 5.32 Å². The van der Waals surface area contributed by atoms with E-state index in [0.717, 1.165) is 36.6 Å². The van der Waals surface area contributed by atoms with Crippen molar-refractivity contribution in [2.75, 3.05) is 5.32 Å². The van der Waals surface area contributed by atoms with E-state index in [1.807, 2.05) is 16.8 Å². The molecule has 4 rings (SSSR count). The molecule has 0 amide bonds. The minimum Gasteiger partial charge on any atom is -0.393 e. The summed E-state index contributed by atoms with van der Waals surface area (Å²) in [6, 6.07) is 8.74. The Morgan fingerprint density at radius 3 is 2.79 bits per heavy atom. The molecule has 2 heterocycles. The number of nitrogens with zero attached hydrogens (tertiary/aromatic N) is 3. The molecule has 6 heteroatoms. The van der Waals surface area contributed by atoms with Crippen LogP contribution in [0.3, 0.4) is 0 Å². The maximum absolute atomic E-state index is 13.6. The summed E-state index contributed by atoms with van der Waals surface area (Å²) in [5, 5.41) is 13.9. The van der Waals surface area contributed by atoms with Crippen LogP contribution in [-0.4, -0.2) is 31.8 Å². The third-order valence-corrected chi connectivity index (χ3v) is 4.57. The number of aliphatic hydroxyl groups is 1. The molecule has 0 bridgehead atoms. The van der Waals surface area contributed by atoms with Crippen LogP contribution >= 0.6 is 0 Å². The summed E-state index contributed by atoms with van der Waals surface area (Å²) in [5.74, 6) is 0.992. The molecule has 5 nitrogen and oxygen atoms in total. The number of anilines is 1. The van der Waals surface area contributed by atoms with Crippen LogP contribution in [0.1, 0.15) is 25.7 Å². The monoisotopic (exact) mass is 326 g/mol. The lowest BCUT2D eigenvalue weighted by atomic mass is 9.93. The molecule has 0 spiro atoms. The maximum atomic E-state index is 13.6. The van der Waals surface area contributed by atoms with E-state index < -0.39 is 0 Å². The minimum atomic E-state index is -0.268. The van der Waals surface area contributed by atoms with Gasteiger partial charge in [-0.15, -0.1) is 0 Å². The Hall–Kier alpha value is -2.47. The van der Waals surface area contributed by atoms with E-state index in [4.69, 9.17) is 0 Å². The molecule has 0 aliphatic heterocycles. The Morgan fingerprint density at radius 2 is 1.96 bits per heavy atom. The fourth-order valence-corrected chi connectivity index (χ4v) is 3.26. The summed E-state index contributed by atoms with van der Waals surface area (Å²) < 4.78 is 15.4.